The Morgan fingerprint density at radius 2 is 1.45 bits per heavy atom. The summed E-state index contributed by atoms with van der Waals surface area (Å²) in [5.41, 5.74) is 0. The Bertz CT molecular complexity index is 66.1. The van der Waals surface area contributed by atoms with Crippen molar-refractivity contribution in [1.82, 2.24) is 0 Å². The third-order valence-electron chi connectivity index (χ3n) is 1.32. The normalized spacial score (nSPS) is 10.4. The highest BCUT2D eigenvalue weighted by Crippen LogP contribution is 2.14. The van der Waals surface area contributed by atoms with E-state index >= 15 is 0 Å². The molecule has 0 aliphatic rings. The maximum absolute atomic E-state index is 5.23. The number of unbranched alkanes of at least 4 members (excludes halogenated alkanes) is 2. The topological polar surface area (TPSA) is 18.5 Å². The third kappa shape index (κ3) is 10.4. The molecule has 0 aromatic heterocycles. The molecule has 11 heavy (non-hydrogen) atoms. The third-order valence-corrected chi connectivity index (χ3v) is 1.96. The molecule has 70 valence electrons. The summed E-state index contributed by atoms with van der Waals surface area (Å²) in [6.45, 7) is 6.01. The number of hydrogen-bond donors (Lipinski definition) is 0. The van der Waals surface area contributed by atoms with Gasteiger partial charge in [-0.1, -0.05) is 26.7 Å². The van der Waals surface area contributed by atoms with Crippen molar-refractivity contribution in [2.24, 2.45) is 0 Å². The van der Waals surface area contributed by atoms with E-state index in [9.17, 15) is 0 Å². The molecule has 0 saturated heterocycles. The summed E-state index contributed by atoms with van der Waals surface area (Å²) in [5.74, 6) is 0. The van der Waals surface area contributed by atoms with Gasteiger partial charge in [0.25, 0.3) is 0 Å². The monoisotopic (exact) mass is 180 g/mol. The molecule has 0 bridgehead atoms. The predicted molar refractivity (Wildman–Crippen MR) is 52.1 cm³/mol. The van der Waals surface area contributed by atoms with Gasteiger partial charge in [0.2, 0.25) is 0 Å². The maximum atomic E-state index is 5.23. The molecule has 0 spiro atoms. The van der Waals surface area contributed by atoms with Gasteiger partial charge in [0.05, 0.1) is 13.2 Å². The van der Waals surface area contributed by atoms with Crippen molar-refractivity contribution >= 4 is 9.03 Å². The van der Waals surface area contributed by atoms with Crippen LogP contribution in [0.2, 0.25) is 0 Å². The summed E-state index contributed by atoms with van der Waals surface area (Å²) in [7, 11) is 0.252. The summed E-state index contributed by atoms with van der Waals surface area (Å²) in [6, 6.07) is 0. The quantitative estimate of drug-likeness (QED) is 0.421. The fourth-order valence-corrected chi connectivity index (χ4v) is 1.10. The van der Waals surface area contributed by atoms with Gasteiger partial charge in [0.15, 0.2) is 9.03 Å². The van der Waals surface area contributed by atoms with Gasteiger partial charge in [0, 0.05) is 1.43 Å². The van der Waals surface area contributed by atoms with E-state index in [0.29, 0.717) is 0 Å². The molecule has 3 heteroatoms. The lowest BCUT2D eigenvalue weighted by molar-refractivity contribution is 0.260. The molecule has 0 aromatic carbocycles. The first-order valence-electron chi connectivity index (χ1n) is 4.40. The molecule has 0 N–H and O–H groups in total. The maximum Gasteiger partial charge on any atom is 0.155 e. The summed E-state index contributed by atoms with van der Waals surface area (Å²) < 4.78 is 10.5. The Balaban J connectivity index is 0. The first-order valence-corrected chi connectivity index (χ1v) is 5.22. The molecule has 2 nitrogen and oxygen atoms in total. The van der Waals surface area contributed by atoms with Crippen LogP contribution in [0.15, 0.2) is 0 Å². The highest BCUT2D eigenvalue weighted by Gasteiger charge is 1.87. The van der Waals surface area contributed by atoms with Crippen LogP contribution < -0.4 is 0 Å². The second-order valence-electron chi connectivity index (χ2n) is 2.49. The van der Waals surface area contributed by atoms with Crippen LogP contribution >= 0.6 is 9.03 Å². The van der Waals surface area contributed by atoms with Crippen molar-refractivity contribution in [3.63, 3.8) is 0 Å². The minimum Gasteiger partial charge on any atom is -0.336 e. The molecular formula is C8H21O2P. The van der Waals surface area contributed by atoms with Crippen LogP contribution in [0.5, 0.6) is 0 Å². The summed E-state index contributed by atoms with van der Waals surface area (Å²) in [6.07, 6.45) is 4.67. The van der Waals surface area contributed by atoms with Gasteiger partial charge in [-0.05, 0) is 12.8 Å². The van der Waals surface area contributed by atoms with Crippen LogP contribution in [-0.4, -0.2) is 13.2 Å². The van der Waals surface area contributed by atoms with Crippen molar-refractivity contribution in [3.05, 3.63) is 0 Å². The Morgan fingerprint density at radius 1 is 1.00 bits per heavy atom. The van der Waals surface area contributed by atoms with E-state index in [1.807, 2.05) is 0 Å². The molecule has 0 atom stereocenters. The minimum atomic E-state index is 0. The molecule has 0 aliphatic carbocycles. The fourth-order valence-electron chi connectivity index (χ4n) is 0.558. The van der Waals surface area contributed by atoms with E-state index in [-0.39, 0.29) is 10.5 Å². The lowest BCUT2D eigenvalue weighted by atomic mass is 10.4. The van der Waals surface area contributed by atoms with E-state index in [1.165, 1.54) is 12.8 Å². The number of hydrogen-bond acceptors (Lipinski definition) is 2. The first kappa shape index (κ1) is 11.4. The Morgan fingerprint density at radius 3 is 1.82 bits per heavy atom. The van der Waals surface area contributed by atoms with Crippen LogP contribution in [-0.2, 0) is 9.05 Å². The fraction of sp³-hybridized carbons (Fsp3) is 1.00. The number of rotatable bonds is 8. The summed E-state index contributed by atoms with van der Waals surface area (Å²) in [5, 5.41) is 0. The van der Waals surface area contributed by atoms with Crippen molar-refractivity contribution in [3.8, 4) is 0 Å². The van der Waals surface area contributed by atoms with Crippen molar-refractivity contribution in [2.45, 2.75) is 39.5 Å². The molecule has 0 unspecified atom stereocenters. The van der Waals surface area contributed by atoms with Crippen LogP contribution in [0, 0.1) is 0 Å². The van der Waals surface area contributed by atoms with Gasteiger partial charge < -0.3 is 9.05 Å². The van der Waals surface area contributed by atoms with Gasteiger partial charge in [-0.15, -0.1) is 0 Å². The van der Waals surface area contributed by atoms with E-state index in [4.69, 9.17) is 9.05 Å². The molecule has 0 rings (SSSR count). The van der Waals surface area contributed by atoms with E-state index in [1.54, 1.807) is 0 Å². The molecule has 0 fully saturated rings. The highest BCUT2D eigenvalue weighted by molar-refractivity contribution is 7.26. The summed E-state index contributed by atoms with van der Waals surface area (Å²) in [4.78, 5) is 0. The zero-order chi connectivity index (χ0) is 8.36. The highest BCUT2D eigenvalue weighted by atomic mass is 31.1. The molecule has 0 aliphatic heterocycles. The molecule has 0 amide bonds. The van der Waals surface area contributed by atoms with Crippen molar-refractivity contribution in [2.75, 3.05) is 13.2 Å². The molecular weight excluding hydrogens is 159 g/mol. The lowest BCUT2D eigenvalue weighted by Crippen LogP contribution is -1.87. The second kappa shape index (κ2) is 10.3. The Kier molecular flexibility index (Phi) is 10.7. The van der Waals surface area contributed by atoms with Gasteiger partial charge in [-0.2, -0.15) is 0 Å². The van der Waals surface area contributed by atoms with Crippen molar-refractivity contribution in [1.29, 1.82) is 0 Å². The Labute approximate surface area is 73.1 Å². The predicted octanol–water partition coefficient (Wildman–Crippen LogP) is 3.37. The van der Waals surface area contributed by atoms with Crippen LogP contribution in [0.3, 0.4) is 0 Å². The van der Waals surface area contributed by atoms with Crippen LogP contribution in [0.4, 0.5) is 0 Å². The molecule has 0 saturated carbocycles. The smallest absolute Gasteiger partial charge is 0.155 e. The average molecular weight is 180 g/mol. The van der Waals surface area contributed by atoms with Crippen molar-refractivity contribution < 1.29 is 10.5 Å². The van der Waals surface area contributed by atoms with Gasteiger partial charge in [0.1, 0.15) is 0 Å². The minimum absolute atomic E-state index is 0. The van der Waals surface area contributed by atoms with Gasteiger partial charge in [-0.25, -0.2) is 0 Å². The second-order valence-corrected chi connectivity index (χ2v) is 3.23. The molecule has 0 radical (unpaired) electrons. The SMILES string of the molecule is CCCCOPOCCCC.[HH]. The van der Waals surface area contributed by atoms with E-state index in [2.05, 4.69) is 13.8 Å². The van der Waals surface area contributed by atoms with Gasteiger partial charge >= 0.3 is 0 Å². The zero-order valence-corrected chi connectivity index (χ0v) is 8.56. The largest absolute Gasteiger partial charge is 0.336 e. The van der Waals surface area contributed by atoms with E-state index < -0.39 is 0 Å². The zero-order valence-electron chi connectivity index (χ0n) is 7.56. The lowest BCUT2D eigenvalue weighted by Gasteiger charge is -2.02. The Hall–Kier alpha value is 0.350. The molecule has 0 aromatic rings. The first-order chi connectivity index (χ1) is 5.41. The standard InChI is InChI=1S/C8H19O2P.H2/c1-3-5-7-9-11-10-8-6-4-2;/h11H,3-8H2,1-2H3;1H. The van der Waals surface area contributed by atoms with Crippen LogP contribution in [0.1, 0.15) is 41.0 Å². The van der Waals surface area contributed by atoms with Gasteiger partial charge in [-0.3, -0.25) is 0 Å². The van der Waals surface area contributed by atoms with E-state index in [0.717, 1.165) is 26.1 Å². The summed E-state index contributed by atoms with van der Waals surface area (Å²) >= 11 is 0. The molecule has 0 heterocycles. The van der Waals surface area contributed by atoms with Crippen LogP contribution in [0.25, 0.3) is 0 Å². The average Bonchev–Trinajstić information content (AvgIpc) is 2.03.